The Labute approximate surface area is 64.3 Å². The van der Waals surface area contributed by atoms with Gasteiger partial charge in [0.05, 0.1) is 11.8 Å². The minimum Gasteiger partial charge on any atom is -0.465 e. The molecule has 1 aromatic rings. The fraction of sp³-hybridized carbons (Fsp3) is 0.125. The van der Waals surface area contributed by atoms with Crippen LogP contribution in [0.3, 0.4) is 0 Å². The summed E-state index contributed by atoms with van der Waals surface area (Å²) in [5.74, 6) is 0.545. The third-order valence-electron chi connectivity index (χ3n) is 1.37. The monoisotopic (exact) mass is 151 g/mol. The molecule has 1 aromatic heterocycles. The van der Waals surface area contributed by atoms with Crippen LogP contribution in [0.4, 0.5) is 0 Å². The number of nitrogens with one attached hydrogen (secondary N) is 1. The van der Waals surface area contributed by atoms with Gasteiger partial charge in [0.15, 0.2) is 0 Å². The van der Waals surface area contributed by atoms with Gasteiger partial charge in [-0.05, 0) is 13.0 Å². The molecule has 1 rings (SSSR count). The predicted molar refractivity (Wildman–Crippen MR) is 42.6 cm³/mol. The zero-order valence-corrected chi connectivity index (χ0v) is 6.26. The lowest BCUT2D eigenvalue weighted by Gasteiger charge is -2.00. The first kappa shape index (κ1) is 7.60. The van der Waals surface area contributed by atoms with Gasteiger partial charge < -0.3 is 9.72 Å². The van der Waals surface area contributed by atoms with E-state index in [2.05, 4.69) is 11.6 Å². The molecule has 0 atom stereocenters. The van der Waals surface area contributed by atoms with E-state index >= 15 is 0 Å². The molecule has 3 heteroatoms. The van der Waals surface area contributed by atoms with Gasteiger partial charge in [-0.1, -0.05) is 6.58 Å². The maximum absolute atomic E-state index is 10.9. The lowest BCUT2D eigenvalue weighted by Crippen LogP contribution is -2.08. The molecule has 0 bridgehead atoms. The van der Waals surface area contributed by atoms with E-state index < -0.39 is 0 Å². The van der Waals surface area contributed by atoms with E-state index in [4.69, 9.17) is 4.74 Å². The summed E-state index contributed by atoms with van der Waals surface area (Å²) in [6, 6.07) is 1.68. The zero-order chi connectivity index (χ0) is 8.27. The predicted octanol–water partition coefficient (Wildman–Crippen LogP) is 1.21. The molecule has 58 valence electrons. The van der Waals surface area contributed by atoms with Crippen molar-refractivity contribution in [3.8, 4) is 5.75 Å². The summed E-state index contributed by atoms with van der Waals surface area (Å²) in [7, 11) is 0. The summed E-state index contributed by atoms with van der Waals surface area (Å²) in [6.07, 6.45) is 2.83. The summed E-state index contributed by atoms with van der Waals surface area (Å²) in [6.45, 7) is 5.08. The Morgan fingerprint density at radius 2 is 2.45 bits per heavy atom. The summed E-state index contributed by atoms with van der Waals surface area (Å²) < 4.78 is 4.96. The van der Waals surface area contributed by atoms with Gasteiger partial charge in [0.25, 0.3) is 5.56 Å². The van der Waals surface area contributed by atoms with Crippen LogP contribution < -0.4 is 10.3 Å². The highest BCUT2D eigenvalue weighted by atomic mass is 16.5. The van der Waals surface area contributed by atoms with Gasteiger partial charge in [-0.2, -0.15) is 0 Å². The molecule has 0 aliphatic heterocycles. The highest BCUT2D eigenvalue weighted by molar-refractivity contribution is 5.28. The quantitative estimate of drug-likeness (QED) is 0.645. The molecule has 0 aromatic carbocycles. The summed E-state index contributed by atoms with van der Waals surface area (Å²) in [4.78, 5) is 13.5. The fourth-order valence-corrected chi connectivity index (χ4v) is 0.756. The van der Waals surface area contributed by atoms with Crippen molar-refractivity contribution in [2.75, 3.05) is 0 Å². The largest absolute Gasteiger partial charge is 0.465 e. The maximum Gasteiger partial charge on any atom is 0.254 e. The Morgan fingerprint density at radius 1 is 1.73 bits per heavy atom. The molecule has 0 aliphatic carbocycles. The van der Waals surface area contributed by atoms with Crippen LogP contribution in [0, 0.1) is 6.92 Å². The van der Waals surface area contributed by atoms with Crippen LogP contribution in [-0.2, 0) is 0 Å². The SMILES string of the molecule is C=COc1cc[nH]c(=O)c1C. The van der Waals surface area contributed by atoms with Crippen molar-refractivity contribution >= 4 is 0 Å². The third kappa shape index (κ3) is 1.49. The van der Waals surface area contributed by atoms with E-state index in [-0.39, 0.29) is 5.56 Å². The lowest BCUT2D eigenvalue weighted by molar-refractivity contribution is 0.478. The molecule has 0 unspecified atom stereocenters. The highest BCUT2D eigenvalue weighted by Crippen LogP contribution is 2.10. The minimum atomic E-state index is -0.135. The van der Waals surface area contributed by atoms with Crippen molar-refractivity contribution in [3.63, 3.8) is 0 Å². The second-order valence-electron chi connectivity index (χ2n) is 2.08. The number of hydrogen-bond acceptors (Lipinski definition) is 2. The number of H-pyrrole nitrogens is 1. The molecule has 0 saturated carbocycles. The van der Waals surface area contributed by atoms with Crippen molar-refractivity contribution in [2.45, 2.75) is 6.92 Å². The second-order valence-corrected chi connectivity index (χ2v) is 2.08. The molecular formula is C8H9NO2. The number of ether oxygens (including phenoxy) is 1. The third-order valence-corrected chi connectivity index (χ3v) is 1.37. The molecule has 0 spiro atoms. The normalized spacial score (nSPS) is 9.18. The molecule has 1 N–H and O–H groups in total. The topological polar surface area (TPSA) is 42.1 Å². The Hall–Kier alpha value is -1.51. The Morgan fingerprint density at radius 3 is 3.09 bits per heavy atom. The van der Waals surface area contributed by atoms with Gasteiger partial charge in [0.2, 0.25) is 0 Å². The van der Waals surface area contributed by atoms with Crippen LogP contribution in [0.25, 0.3) is 0 Å². The molecule has 0 aliphatic rings. The van der Waals surface area contributed by atoms with Crippen molar-refractivity contribution in [1.29, 1.82) is 0 Å². The van der Waals surface area contributed by atoms with Gasteiger partial charge in [0.1, 0.15) is 5.75 Å². The van der Waals surface area contributed by atoms with Gasteiger partial charge in [-0.3, -0.25) is 4.79 Å². The van der Waals surface area contributed by atoms with Gasteiger partial charge in [-0.25, -0.2) is 0 Å². The van der Waals surface area contributed by atoms with Gasteiger partial charge >= 0.3 is 0 Å². The number of aromatic nitrogens is 1. The van der Waals surface area contributed by atoms with Crippen molar-refractivity contribution < 1.29 is 4.74 Å². The van der Waals surface area contributed by atoms with Crippen LogP contribution in [0.1, 0.15) is 5.56 Å². The molecule has 3 nitrogen and oxygen atoms in total. The fourth-order valence-electron chi connectivity index (χ4n) is 0.756. The van der Waals surface area contributed by atoms with E-state index in [1.165, 1.54) is 12.5 Å². The smallest absolute Gasteiger partial charge is 0.254 e. The molecule has 0 fully saturated rings. The Bertz CT molecular complexity index is 314. The average molecular weight is 151 g/mol. The molecule has 0 amide bonds. The highest BCUT2D eigenvalue weighted by Gasteiger charge is 1.99. The van der Waals surface area contributed by atoms with E-state index in [0.717, 1.165) is 0 Å². The van der Waals surface area contributed by atoms with Crippen LogP contribution >= 0.6 is 0 Å². The molecule has 0 radical (unpaired) electrons. The maximum atomic E-state index is 10.9. The first-order valence-electron chi connectivity index (χ1n) is 3.21. The Balaban J connectivity index is 3.16. The van der Waals surface area contributed by atoms with Crippen molar-refractivity contribution in [3.05, 3.63) is 41.0 Å². The number of hydrogen-bond donors (Lipinski definition) is 1. The zero-order valence-electron chi connectivity index (χ0n) is 6.26. The van der Waals surface area contributed by atoms with Crippen LogP contribution in [0.5, 0.6) is 5.75 Å². The lowest BCUT2D eigenvalue weighted by atomic mass is 10.3. The van der Waals surface area contributed by atoms with E-state index in [9.17, 15) is 4.79 Å². The number of aromatic amines is 1. The second kappa shape index (κ2) is 3.05. The standard InChI is InChI=1S/C8H9NO2/c1-3-11-7-4-5-9-8(10)6(7)2/h3-5H,1H2,2H3,(H,9,10). The number of pyridine rings is 1. The summed E-state index contributed by atoms with van der Waals surface area (Å²) >= 11 is 0. The average Bonchev–Trinajstić information content (AvgIpc) is 1.99. The van der Waals surface area contributed by atoms with E-state index in [0.29, 0.717) is 11.3 Å². The molecule has 11 heavy (non-hydrogen) atoms. The van der Waals surface area contributed by atoms with Crippen LogP contribution in [-0.4, -0.2) is 4.98 Å². The van der Waals surface area contributed by atoms with Crippen molar-refractivity contribution in [2.24, 2.45) is 0 Å². The number of rotatable bonds is 2. The van der Waals surface area contributed by atoms with E-state index in [1.54, 1.807) is 13.0 Å². The molecule has 0 saturated heterocycles. The Kier molecular flexibility index (Phi) is 2.11. The first-order chi connectivity index (χ1) is 5.25. The van der Waals surface area contributed by atoms with Gasteiger partial charge in [0, 0.05) is 6.20 Å². The van der Waals surface area contributed by atoms with Crippen LogP contribution in [0.15, 0.2) is 29.9 Å². The minimum absolute atomic E-state index is 0.135. The molecular weight excluding hydrogens is 142 g/mol. The van der Waals surface area contributed by atoms with Crippen LogP contribution in [0.2, 0.25) is 0 Å². The molecule has 1 heterocycles. The summed E-state index contributed by atoms with van der Waals surface area (Å²) in [5.41, 5.74) is 0.428. The van der Waals surface area contributed by atoms with Crippen molar-refractivity contribution in [1.82, 2.24) is 4.98 Å². The summed E-state index contributed by atoms with van der Waals surface area (Å²) in [5, 5.41) is 0. The first-order valence-corrected chi connectivity index (χ1v) is 3.21. The van der Waals surface area contributed by atoms with Gasteiger partial charge in [-0.15, -0.1) is 0 Å². The van der Waals surface area contributed by atoms with E-state index in [1.807, 2.05) is 0 Å².